The van der Waals surface area contributed by atoms with Crippen LogP contribution >= 0.6 is 0 Å². The van der Waals surface area contributed by atoms with E-state index in [1.165, 1.54) is 12.3 Å². The molecule has 2 N–H and O–H groups in total. The molecule has 0 saturated heterocycles. The van der Waals surface area contributed by atoms with E-state index in [1.54, 1.807) is 13.8 Å². The Bertz CT molecular complexity index is 516. The first-order valence-corrected chi connectivity index (χ1v) is 6.10. The van der Waals surface area contributed by atoms with Gasteiger partial charge in [-0.05, 0) is 20.3 Å². The molecule has 1 heterocycles. The van der Waals surface area contributed by atoms with Crippen molar-refractivity contribution in [3.05, 3.63) is 30.1 Å². The Morgan fingerprint density at radius 1 is 1.60 bits per heavy atom. The SMILES string of the molecule is C=CCC(Nc1ncc(C(=O)OCC)c(C)n1)C(=O)O. The van der Waals surface area contributed by atoms with Crippen molar-refractivity contribution in [3.8, 4) is 0 Å². The molecule has 0 radical (unpaired) electrons. The highest BCUT2D eigenvalue weighted by Crippen LogP contribution is 2.10. The maximum absolute atomic E-state index is 11.6. The minimum Gasteiger partial charge on any atom is -0.480 e. The Kier molecular flexibility index (Phi) is 5.64. The summed E-state index contributed by atoms with van der Waals surface area (Å²) in [5.74, 6) is -1.39. The van der Waals surface area contributed by atoms with Crippen LogP contribution in [0.5, 0.6) is 0 Å². The van der Waals surface area contributed by atoms with Crippen LogP contribution in [0.1, 0.15) is 29.4 Å². The number of aryl methyl sites for hydroxylation is 1. The van der Waals surface area contributed by atoms with E-state index >= 15 is 0 Å². The molecule has 0 fully saturated rings. The van der Waals surface area contributed by atoms with Crippen LogP contribution in [0.3, 0.4) is 0 Å². The number of carboxylic acids is 1. The second-order valence-electron chi connectivity index (χ2n) is 3.97. The van der Waals surface area contributed by atoms with Crippen molar-refractivity contribution in [2.75, 3.05) is 11.9 Å². The monoisotopic (exact) mass is 279 g/mol. The summed E-state index contributed by atoms with van der Waals surface area (Å²) in [6, 6.07) is -0.861. The van der Waals surface area contributed by atoms with Gasteiger partial charge in [-0.1, -0.05) is 6.08 Å². The Labute approximate surface area is 116 Å². The summed E-state index contributed by atoms with van der Waals surface area (Å²) in [5, 5.41) is 11.7. The molecule has 7 heteroatoms. The average molecular weight is 279 g/mol. The van der Waals surface area contributed by atoms with Gasteiger partial charge in [0.05, 0.1) is 17.9 Å². The standard InChI is InChI=1S/C13H17N3O4/c1-4-6-10(11(17)18)16-13-14-7-9(8(3)15-13)12(19)20-5-2/h4,7,10H,1,5-6H2,2-3H3,(H,17,18)(H,14,15,16). The van der Waals surface area contributed by atoms with Crippen molar-refractivity contribution >= 4 is 17.9 Å². The number of carboxylic acid groups (broad SMARTS) is 1. The molecule has 1 aromatic rings. The summed E-state index contributed by atoms with van der Waals surface area (Å²) < 4.78 is 4.86. The number of anilines is 1. The predicted octanol–water partition coefficient (Wildman–Crippen LogP) is 1.40. The first kappa shape index (κ1) is 15.6. The molecule has 1 unspecified atom stereocenters. The van der Waals surface area contributed by atoms with E-state index in [-0.39, 0.29) is 24.5 Å². The molecule has 0 saturated carbocycles. The first-order valence-electron chi connectivity index (χ1n) is 6.10. The van der Waals surface area contributed by atoms with Gasteiger partial charge < -0.3 is 15.2 Å². The quantitative estimate of drug-likeness (QED) is 0.574. The van der Waals surface area contributed by atoms with E-state index in [4.69, 9.17) is 9.84 Å². The van der Waals surface area contributed by atoms with Crippen molar-refractivity contribution < 1.29 is 19.4 Å². The molecule has 0 aliphatic rings. The van der Waals surface area contributed by atoms with Crippen LogP contribution < -0.4 is 5.32 Å². The number of ether oxygens (including phenoxy) is 1. The van der Waals surface area contributed by atoms with Gasteiger partial charge in [0.2, 0.25) is 5.95 Å². The van der Waals surface area contributed by atoms with Crippen LogP contribution in [0.2, 0.25) is 0 Å². The lowest BCUT2D eigenvalue weighted by atomic mass is 10.2. The zero-order chi connectivity index (χ0) is 15.1. The van der Waals surface area contributed by atoms with Gasteiger partial charge in [-0.2, -0.15) is 0 Å². The van der Waals surface area contributed by atoms with Crippen molar-refractivity contribution in [1.29, 1.82) is 0 Å². The zero-order valence-corrected chi connectivity index (χ0v) is 11.4. The fraction of sp³-hybridized carbons (Fsp3) is 0.385. The molecular formula is C13H17N3O4. The number of rotatable bonds is 7. The van der Waals surface area contributed by atoms with Crippen LogP contribution in [-0.2, 0) is 9.53 Å². The van der Waals surface area contributed by atoms with Gasteiger partial charge in [0, 0.05) is 6.20 Å². The number of nitrogens with one attached hydrogen (secondary N) is 1. The third-order valence-corrected chi connectivity index (χ3v) is 2.48. The minimum atomic E-state index is -1.03. The van der Waals surface area contributed by atoms with E-state index in [9.17, 15) is 9.59 Å². The van der Waals surface area contributed by atoms with Crippen molar-refractivity contribution in [3.63, 3.8) is 0 Å². The lowest BCUT2D eigenvalue weighted by molar-refractivity contribution is -0.137. The largest absolute Gasteiger partial charge is 0.480 e. The number of aromatic nitrogens is 2. The van der Waals surface area contributed by atoms with Crippen molar-refractivity contribution in [1.82, 2.24) is 9.97 Å². The number of carbonyl (C=O) groups is 2. The number of esters is 1. The molecule has 108 valence electrons. The van der Waals surface area contributed by atoms with Crippen LogP contribution in [0, 0.1) is 6.92 Å². The molecule has 0 aliphatic heterocycles. The molecule has 0 spiro atoms. The molecule has 20 heavy (non-hydrogen) atoms. The van der Waals surface area contributed by atoms with Crippen molar-refractivity contribution in [2.24, 2.45) is 0 Å². The summed E-state index contributed by atoms with van der Waals surface area (Å²) in [5.41, 5.74) is 0.677. The third-order valence-electron chi connectivity index (χ3n) is 2.48. The normalized spacial score (nSPS) is 11.5. The summed E-state index contributed by atoms with van der Waals surface area (Å²) in [7, 11) is 0. The van der Waals surface area contributed by atoms with E-state index in [2.05, 4.69) is 21.9 Å². The first-order chi connectivity index (χ1) is 9.49. The molecule has 1 rings (SSSR count). The number of hydrogen-bond donors (Lipinski definition) is 2. The molecule has 7 nitrogen and oxygen atoms in total. The number of aliphatic carboxylic acids is 1. The topological polar surface area (TPSA) is 101 Å². The van der Waals surface area contributed by atoms with Crippen LogP contribution in [-0.4, -0.2) is 39.7 Å². The fourth-order valence-corrected chi connectivity index (χ4v) is 1.49. The average Bonchev–Trinajstić information content (AvgIpc) is 2.38. The Morgan fingerprint density at radius 3 is 2.80 bits per heavy atom. The molecule has 0 aromatic carbocycles. The van der Waals surface area contributed by atoms with Gasteiger partial charge in [0.1, 0.15) is 6.04 Å². The molecule has 1 aromatic heterocycles. The zero-order valence-electron chi connectivity index (χ0n) is 11.4. The minimum absolute atomic E-state index is 0.143. The molecule has 0 aliphatic carbocycles. The molecule has 0 bridgehead atoms. The second kappa shape index (κ2) is 7.22. The smallest absolute Gasteiger partial charge is 0.341 e. The lowest BCUT2D eigenvalue weighted by Gasteiger charge is -2.13. The van der Waals surface area contributed by atoms with Crippen LogP contribution in [0.4, 0.5) is 5.95 Å². The van der Waals surface area contributed by atoms with Crippen LogP contribution in [0.25, 0.3) is 0 Å². The Hall–Kier alpha value is -2.44. The summed E-state index contributed by atoms with van der Waals surface area (Å²) in [6.07, 6.45) is 3.04. The summed E-state index contributed by atoms with van der Waals surface area (Å²) in [4.78, 5) is 30.6. The van der Waals surface area contributed by atoms with Crippen LogP contribution in [0.15, 0.2) is 18.9 Å². The number of hydrogen-bond acceptors (Lipinski definition) is 6. The maximum atomic E-state index is 11.6. The highest BCUT2D eigenvalue weighted by Gasteiger charge is 2.18. The number of carbonyl (C=O) groups excluding carboxylic acids is 1. The molecular weight excluding hydrogens is 262 g/mol. The highest BCUT2D eigenvalue weighted by molar-refractivity contribution is 5.90. The fourth-order valence-electron chi connectivity index (χ4n) is 1.49. The highest BCUT2D eigenvalue weighted by atomic mass is 16.5. The van der Waals surface area contributed by atoms with Gasteiger partial charge in [-0.25, -0.2) is 19.6 Å². The molecule has 1 atom stereocenters. The van der Waals surface area contributed by atoms with Gasteiger partial charge in [0.15, 0.2) is 0 Å². The van der Waals surface area contributed by atoms with E-state index in [0.29, 0.717) is 5.69 Å². The van der Waals surface area contributed by atoms with Gasteiger partial charge in [-0.15, -0.1) is 6.58 Å². The summed E-state index contributed by atoms with van der Waals surface area (Å²) in [6.45, 7) is 7.09. The maximum Gasteiger partial charge on any atom is 0.341 e. The lowest BCUT2D eigenvalue weighted by Crippen LogP contribution is -2.29. The van der Waals surface area contributed by atoms with E-state index < -0.39 is 18.0 Å². The van der Waals surface area contributed by atoms with E-state index in [1.807, 2.05) is 0 Å². The third kappa shape index (κ3) is 4.04. The Balaban J connectivity index is 2.88. The summed E-state index contributed by atoms with van der Waals surface area (Å²) >= 11 is 0. The van der Waals surface area contributed by atoms with Gasteiger partial charge >= 0.3 is 11.9 Å². The predicted molar refractivity (Wildman–Crippen MR) is 72.6 cm³/mol. The van der Waals surface area contributed by atoms with Crippen molar-refractivity contribution in [2.45, 2.75) is 26.3 Å². The second-order valence-corrected chi connectivity index (χ2v) is 3.97. The van der Waals surface area contributed by atoms with Gasteiger partial charge in [-0.3, -0.25) is 0 Å². The van der Waals surface area contributed by atoms with Gasteiger partial charge in [0.25, 0.3) is 0 Å². The Morgan fingerprint density at radius 2 is 2.30 bits per heavy atom. The number of nitrogens with zero attached hydrogens (tertiary/aromatic N) is 2. The van der Waals surface area contributed by atoms with E-state index in [0.717, 1.165) is 0 Å². The molecule has 0 amide bonds.